The fourth-order valence-electron chi connectivity index (χ4n) is 2.24. The number of nitrogens with zero attached hydrogens (tertiary/aromatic N) is 3. The quantitative estimate of drug-likeness (QED) is 0.800. The molecule has 5 heteroatoms. The Morgan fingerprint density at radius 1 is 1.19 bits per heavy atom. The van der Waals surface area contributed by atoms with Crippen molar-refractivity contribution in [3.63, 3.8) is 0 Å². The summed E-state index contributed by atoms with van der Waals surface area (Å²) in [5.74, 6) is -0.526. The molecule has 1 aromatic carbocycles. The van der Waals surface area contributed by atoms with Crippen molar-refractivity contribution in [2.24, 2.45) is 0 Å². The minimum Gasteiger partial charge on any atom is -0.478 e. The van der Waals surface area contributed by atoms with Gasteiger partial charge in [-0.25, -0.2) is 14.3 Å². The van der Waals surface area contributed by atoms with Crippen LogP contribution in [-0.2, 0) is 0 Å². The van der Waals surface area contributed by atoms with E-state index in [-0.39, 0.29) is 5.56 Å². The standard InChI is InChI=1S/C16H15N3O2/c1-10(2)11-3-5-12(6-4-11)14-8-18-19-9-13(16(20)21)7-17-15(14)19/h3-10H,1-2H3,(H,20,21). The van der Waals surface area contributed by atoms with E-state index in [9.17, 15) is 4.79 Å². The highest BCUT2D eigenvalue weighted by Gasteiger charge is 2.11. The number of carboxylic acid groups (broad SMARTS) is 1. The second-order valence-electron chi connectivity index (χ2n) is 5.25. The molecule has 3 aromatic rings. The van der Waals surface area contributed by atoms with Crippen LogP contribution < -0.4 is 0 Å². The number of aromatic carboxylic acids is 1. The highest BCUT2D eigenvalue weighted by Crippen LogP contribution is 2.25. The van der Waals surface area contributed by atoms with Crippen LogP contribution >= 0.6 is 0 Å². The van der Waals surface area contributed by atoms with Gasteiger partial charge < -0.3 is 5.11 Å². The Morgan fingerprint density at radius 3 is 2.52 bits per heavy atom. The third kappa shape index (κ3) is 2.38. The molecule has 0 aliphatic rings. The molecular formula is C16H15N3O2. The van der Waals surface area contributed by atoms with Gasteiger partial charge in [0.05, 0.1) is 11.8 Å². The van der Waals surface area contributed by atoms with E-state index < -0.39 is 5.97 Å². The molecule has 3 rings (SSSR count). The molecule has 106 valence electrons. The van der Waals surface area contributed by atoms with Crippen LogP contribution in [0, 0.1) is 0 Å². The number of rotatable bonds is 3. The lowest BCUT2D eigenvalue weighted by molar-refractivity contribution is 0.0695. The van der Waals surface area contributed by atoms with Crippen molar-refractivity contribution in [3.8, 4) is 11.1 Å². The van der Waals surface area contributed by atoms with Crippen LogP contribution in [0.4, 0.5) is 0 Å². The number of benzene rings is 1. The normalized spacial score (nSPS) is 11.2. The second-order valence-corrected chi connectivity index (χ2v) is 5.25. The van der Waals surface area contributed by atoms with Crippen LogP contribution in [0.25, 0.3) is 16.8 Å². The van der Waals surface area contributed by atoms with Gasteiger partial charge in [-0.05, 0) is 17.0 Å². The van der Waals surface area contributed by atoms with E-state index in [0.717, 1.165) is 11.1 Å². The minimum atomic E-state index is -1.01. The first kappa shape index (κ1) is 13.3. The lowest BCUT2D eigenvalue weighted by Crippen LogP contribution is -2.01. The largest absolute Gasteiger partial charge is 0.478 e. The summed E-state index contributed by atoms with van der Waals surface area (Å²) in [5.41, 5.74) is 3.95. The Balaban J connectivity index is 2.06. The third-order valence-corrected chi connectivity index (χ3v) is 3.49. The van der Waals surface area contributed by atoms with E-state index in [2.05, 4.69) is 36.1 Å². The van der Waals surface area contributed by atoms with E-state index in [1.54, 1.807) is 6.20 Å². The van der Waals surface area contributed by atoms with E-state index in [0.29, 0.717) is 11.6 Å². The Morgan fingerprint density at radius 2 is 1.90 bits per heavy atom. The zero-order valence-electron chi connectivity index (χ0n) is 11.8. The van der Waals surface area contributed by atoms with E-state index >= 15 is 0 Å². The summed E-state index contributed by atoms with van der Waals surface area (Å²) in [4.78, 5) is 15.2. The predicted octanol–water partition coefficient (Wildman–Crippen LogP) is 3.22. The van der Waals surface area contributed by atoms with Crippen LogP contribution in [0.3, 0.4) is 0 Å². The van der Waals surface area contributed by atoms with Crippen molar-refractivity contribution in [2.45, 2.75) is 19.8 Å². The van der Waals surface area contributed by atoms with Crippen LogP contribution in [0.15, 0.2) is 42.9 Å². The van der Waals surface area contributed by atoms with E-state index in [4.69, 9.17) is 5.11 Å². The van der Waals surface area contributed by atoms with Crippen molar-refractivity contribution in [2.75, 3.05) is 0 Å². The number of carboxylic acids is 1. The smallest absolute Gasteiger partial charge is 0.338 e. The summed E-state index contributed by atoms with van der Waals surface area (Å²) < 4.78 is 1.50. The van der Waals surface area contributed by atoms with Gasteiger partial charge in [-0.1, -0.05) is 38.1 Å². The summed E-state index contributed by atoms with van der Waals surface area (Å²) in [7, 11) is 0. The first-order valence-electron chi connectivity index (χ1n) is 6.73. The van der Waals surface area contributed by atoms with Crippen molar-refractivity contribution < 1.29 is 9.90 Å². The average molecular weight is 281 g/mol. The minimum absolute atomic E-state index is 0.118. The molecule has 0 aliphatic heterocycles. The maximum atomic E-state index is 10.9. The van der Waals surface area contributed by atoms with Crippen LogP contribution in [0.1, 0.15) is 35.7 Å². The third-order valence-electron chi connectivity index (χ3n) is 3.49. The van der Waals surface area contributed by atoms with Crippen molar-refractivity contribution in [1.82, 2.24) is 14.6 Å². The highest BCUT2D eigenvalue weighted by molar-refractivity contribution is 5.87. The van der Waals surface area contributed by atoms with Crippen LogP contribution in [-0.4, -0.2) is 25.7 Å². The fraction of sp³-hybridized carbons (Fsp3) is 0.188. The molecule has 0 amide bonds. The van der Waals surface area contributed by atoms with Crippen molar-refractivity contribution in [3.05, 3.63) is 54.0 Å². The van der Waals surface area contributed by atoms with Crippen LogP contribution in [0.5, 0.6) is 0 Å². The summed E-state index contributed by atoms with van der Waals surface area (Å²) in [5, 5.41) is 13.2. The average Bonchev–Trinajstić information content (AvgIpc) is 2.90. The van der Waals surface area contributed by atoms with Gasteiger partial charge in [0.25, 0.3) is 0 Å². The summed E-state index contributed by atoms with van der Waals surface area (Å²) >= 11 is 0. The maximum Gasteiger partial charge on any atom is 0.338 e. The molecule has 0 radical (unpaired) electrons. The summed E-state index contributed by atoms with van der Waals surface area (Å²) in [6.07, 6.45) is 4.53. The first-order chi connectivity index (χ1) is 10.1. The lowest BCUT2D eigenvalue weighted by atomic mass is 10.00. The van der Waals surface area contributed by atoms with Gasteiger partial charge in [0.2, 0.25) is 0 Å². The molecule has 0 unspecified atom stereocenters. The van der Waals surface area contributed by atoms with Crippen molar-refractivity contribution in [1.29, 1.82) is 0 Å². The number of hydrogen-bond donors (Lipinski definition) is 1. The molecule has 21 heavy (non-hydrogen) atoms. The molecule has 0 saturated carbocycles. The second kappa shape index (κ2) is 5.01. The fourth-order valence-corrected chi connectivity index (χ4v) is 2.24. The molecule has 0 atom stereocenters. The van der Waals surface area contributed by atoms with Gasteiger partial charge in [0.15, 0.2) is 5.65 Å². The van der Waals surface area contributed by atoms with E-state index in [1.807, 2.05) is 12.1 Å². The lowest BCUT2D eigenvalue weighted by Gasteiger charge is -2.06. The Labute approximate surface area is 121 Å². The molecule has 0 fully saturated rings. The first-order valence-corrected chi connectivity index (χ1v) is 6.73. The van der Waals surface area contributed by atoms with Gasteiger partial charge >= 0.3 is 5.97 Å². The number of carbonyl (C=O) groups is 1. The number of hydrogen-bond acceptors (Lipinski definition) is 3. The van der Waals surface area contributed by atoms with Gasteiger partial charge in [-0.2, -0.15) is 5.10 Å². The zero-order chi connectivity index (χ0) is 15.0. The number of fused-ring (bicyclic) bond motifs is 1. The highest BCUT2D eigenvalue weighted by atomic mass is 16.4. The van der Waals surface area contributed by atoms with E-state index in [1.165, 1.54) is 22.5 Å². The summed E-state index contributed by atoms with van der Waals surface area (Å²) in [6.45, 7) is 4.30. The topological polar surface area (TPSA) is 67.5 Å². The molecule has 0 spiro atoms. The molecule has 1 N–H and O–H groups in total. The Bertz CT molecular complexity index is 804. The van der Waals surface area contributed by atoms with Gasteiger partial charge in [-0.15, -0.1) is 0 Å². The molecule has 0 bridgehead atoms. The SMILES string of the molecule is CC(C)c1ccc(-c2cnn3cc(C(=O)O)cnc23)cc1. The van der Waals surface area contributed by atoms with Gasteiger partial charge in [0.1, 0.15) is 0 Å². The maximum absolute atomic E-state index is 10.9. The monoisotopic (exact) mass is 281 g/mol. The Kier molecular flexibility index (Phi) is 3.17. The van der Waals surface area contributed by atoms with Crippen LogP contribution in [0.2, 0.25) is 0 Å². The van der Waals surface area contributed by atoms with Gasteiger partial charge in [-0.3, -0.25) is 0 Å². The van der Waals surface area contributed by atoms with Crippen molar-refractivity contribution >= 4 is 11.6 Å². The zero-order valence-corrected chi connectivity index (χ0v) is 11.8. The molecule has 0 saturated heterocycles. The molecular weight excluding hydrogens is 266 g/mol. The molecule has 2 heterocycles. The molecule has 0 aliphatic carbocycles. The summed E-state index contributed by atoms with van der Waals surface area (Å²) in [6, 6.07) is 8.27. The predicted molar refractivity (Wildman–Crippen MR) is 79.5 cm³/mol. The number of aromatic nitrogens is 3. The molecule has 2 aromatic heterocycles. The molecule has 5 nitrogen and oxygen atoms in total. The van der Waals surface area contributed by atoms with Gasteiger partial charge in [0, 0.05) is 18.0 Å². The Hall–Kier alpha value is -2.69.